The molecule has 0 spiro atoms. The number of hydrogen-bond acceptors (Lipinski definition) is 4. The zero-order valence-electron chi connectivity index (χ0n) is 10.5. The van der Waals surface area contributed by atoms with Gasteiger partial charge in [-0.25, -0.2) is 4.98 Å². The number of aromatic nitrogens is 2. The molecule has 1 heterocycles. The van der Waals surface area contributed by atoms with Crippen LogP contribution in [0.1, 0.15) is 5.82 Å². The van der Waals surface area contributed by atoms with E-state index in [1.54, 1.807) is 24.0 Å². The van der Waals surface area contributed by atoms with Crippen molar-refractivity contribution < 1.29 is 14.1 Å². The number of aryl methyl sites for hydroxylation is 1. The van der Waals surface area contributed by atoms with Crippen LogP contribution in [0.15, 0.2) is 30.6 Å². The lowest BCUT2D eigenvalue weighted by Gasteiger charge is -2.05. The third-order valence-corrected chi connectivity index (χ3v) is 2.67. The van der Waals surface area contributed by atoms with E-state index in [-0.39, 0.29) is 18.0 Å². The second-order valence-corrected chi connectivity index (χ2v) is 4.10. The smallest absolute Gasteiger partial charge is 0.304 e. The number of carbonyl (C=O) groups is 1. The van der Waals surface area contributed by atoms with Gasteiger partial charge in [0.2, 0.25) is 11.7 Å². The molecular weight excluding hydrogens is 267 g/mol. The quantitative estimate of drug-likeness (QED) is 0.680. The number of hydrogen-bond donors (Lipinski definition) is 1. The van der Waals surface area contributed by atoms with Gasteiger partial charge in [0.15, 0.2) is 0 Å². The molecular formula is C12H11FN4O3. The second-order valence-electron chi connectivity index (χ2n) is 4.10. The predicted molar refractivity (Wildman–Crippen MR) is 68.6 cm³/mol. The summed E-state index contributed by atoms with van der Waals surface area (Å²) < 4.78 is 15.1. The van der Waals surface area contributed by atoms with E-state index in [0.717, 1.165) is 12.1 Å². The molecule has 1 aromatic heterocycles. The Hall–Kier alpha value is -2.77. The van der Waals surface area contributed by atoms with Crippen LogP contribution >= 0.6 is 0 Å². The number of nitro groups is 1. The van der Waals surface area contributed by atoms with Crippen LogP contribution in [0.3, 0.4) is 0 Å². The summed E-state index contributed by atoms with van der Waals surface area (Å²) in [5, 5.41) is 12.9. The van der Waals surface area contributed by atoms with E-state index in [1.165, 1.54) is 6.07 Å². The van der Waals surface area contributed by atoms with Crippen molar-refractivity contribution in [1.29, 1.82) is 0 Å². The summed E-state index contributed by atoms with van der Waals surface area (Å²) in [5.74, 6) is -0.817. The highest BCUT2D eigenvalue weighted by molar-refractivity contribution is 5.91. The Bertz CT molecular complexity index is 668. The minimum Gasteiger partial charge on any atom is -0.338 e. The Balaban J connectivity index is 2.07. The van der Waals surface area contributed by atoms with Gasteiger partial charge in [0, 0.05) is 37.3 Å². The van der Waals surface area contributed by atoms with Crippen molar-refractivity contribution in [3.05, 3.63) is 52.3 Å². The first kappa shape index (κ1) is 13.7. The Kier molecular flexibility index (Phi) is 3.74. The number of halogens is 1. The van der Waals surface area contributed by atoms with E-state index in [4.69, 9.17) is 0 Å². The molecule has 2 aromatic rings. The van der Waals surface area contributed by atoms with Crippen LogP contribution in [0.25, 0.3) is 0 Å². The summed E-state index contributed by atoms with van der Waals surface area (Å²) >= 11 is 0. The van der Waals surface area contributed by atoms with Crippen molar-refractivity contribution >= 4 is 17.3 Å². The predicted octanol–water partition coefficient (Wildman–Crippen LogP) is 1.65. The van der Waals surface area contributed by atoms with Crippen LogP contribution in [-0.2, 0) is 18.3 Å². The summed E-state index contributed by atoms with van der Waals surface area (Å²) in [6.45, 7) is 0. The number of carbonyl (C=O) groups excluding carboxylic acids is 1. The molecule has 0 radical (unpaired) electrons. The van der Waals surface area contributed by atoms with Gasteiger partial charge in [-0.2, -0.15) is 4.39 Å². The Morgan fingerprint density at radius 2 is 2.30 bits per heavy atom. The topological polar surface area (TPSA) is 90.1 Å². The van der Waals surface area contributed by atoms with Gasteiger partial charge >= 0.3 is 5.69 Å². The lowest BCUT2D eigenvalue weighted by Crippen LogP contribution is -2.16. The summed E-state index contributed by atoms with van der Waals surface area (Å²) in [5.41, 5.74) is -0.473. The van der Waals surface area contributed by atoms with Crippen molar-refractivity contribution in [3.63, 3.8) is 0 Å². The van der Waals surface area contributed by atoms with Gasteiger partial charge in [-0.1, -0.05) is 0 Å². The normalized spacial score (nSPS) is 10.3. The van der Waals surface area contributed by atoms with E-state index < -0.39 is 16.4 Å². The second kappa shape index (κ2) is 5.47. The van der Waals surface area contributed by atoms with E-state index in [0.29, 0.717) is 5.82 Å². The maximum atomic E-state index is 13.4. The molecule has 0 bridgehead atoms. The molecule has 7 nitrogen and oxygen atoms in total. The molecule has 0 saturated carbocycles. The third-order valence-electron chi connectivity index (χ3n) is 2.67. The molecule has 1 amide bonds. The molecule has 0 atom stereocenters. The number of imidazole rings is 1. The van der Waals surface area contributed by atoms with Gasteiger partial charge in [0.25, 0.3) is 0 Å². The fourth-order valence-corrected chi connectivity index (χ4v) is 1.65. The molecule has 0 saturated heterocycles. The lowest BCUT2D eigenvalue weighted by molar-refractivity contribution is -0.387. The Morgan fingerprint density at radius 1 is 1.55 bits per heavy atom. The van der Waals surface area contributed by atoms with E-state index in [2.05, 4.69) is 10.3 Å². The highest BCUT2D eigenvalue weighted by Gasteiger charge is 2.15. The van der Waals surface area contributed by atoms with Gasteiger partial charge < -0.3 is 9.88 Å². The summed E-state index contributed by atoms with van der Waals surface area (Å²) in [7, 11) is 1.75. The molecule has 1 N–H and O–H groups in total. The van der Waals surface area contributed by atoms with E-state index >= 15 is 0 Å². The first-order valence-corrected chi connectivity index (χ1v) is 5.67. The van der Waals surface area contributed by atoms with Gasteiger partial charge in [-0.3, -0.25) is 14.9 Å². The number of nitro benzene ring substituents is 1. The zero-order chi connectivity index (χ0) is 14.7. The summed E-state index contributed by atoms with van der Waals surface area (Å²) in [6.07, 6.45) is 3.30. The van der Waals surface area contributed by atoms with Crippen LogP contribution in [0, 0.1) is 15.9 Å². The number of rotatable bonds is 4. The molecule has 2 rings (SSSR count). The lowest BCUT2D eigenvalue weighted by atomic mass is 10.2. The van der Waals surface area contributed by atoms with Gasteiger partial charge in [0.05, 0.1) is 11.3 Å². The minimum absolute atomic E-state index is 0.0299. The molecule has 8 heteroatoms. The van der Waals surface area contributed by atoms with Crippen LogP contribution in [0.4, 0.5) is 15.8 Å². The molecule has 0 fully saturated rings. The van der Waals surface area contributed by atoms with Crippen molar-refractivity contribution in [3.8, 4) is 0 Å². The van der Waals surface area contributed by atoms with Gasteiger partial charge in [-0.15, -0.1) is 0 Å². The van der Waals surface area contributed by atoms with Crippen molar-refractivity contribution in [2.75, 3.05) is 5.32 Å². The third kappa shape index (κ3) is 2.97. The summed E-state index contributed by atoms with van der Waals surface area (Å²) in [6, 6.07) is 3.19. The van der Waals surface area contributed by atoms with Crippen LogP contribution < -0.4 is 5.32 Å². The number of amides is 1. The minimum atomic E-state index is -0.996. The Labute approximate surface area is 113 Å². The van der Waals surface area contributed by atoms with Crippen LogP contribution in [0.5, 0.6) is 0 Å². The van der Waals surface area contributed by atoms with Gasteiger partial charge in [-0.05, 0) is 6.07 Å². The number of benzene rings is 1. The molecule has 0 unspecified atom stereocenters. The number of nitrogens with one attached hydrogen (secondary N) is 1. The maximum Gasteiger partial charge on any atom is 0.304 e. The number of nitrogens with zero attached hydrogens (tertiary/aromatic N) is 3. The molecule has 0 aliphatic carbocycles. The van der Waals surface area contributed by atoms with Crippen molar-refractivity contribution in [1.82, 2.24) is 9.55 Å². The maximum absolute atomic E-state index is 13.4. The molecule has 1 aromatic carbocycles. The molecule has 0 aliphatic heterocycles. The van der Waals surface area contributed by atoms with Crippen molar-refractivity contribution in [2.24, 2.45) is 7.05 Å². The highest BCUT2D eigenvalue weighted by atomic mass is 19.1. The highest BCUT2D eigenvalue weighted by Crippen LogP contribution is 2.20. The summed E-state index contributed by atoms with van der Waals surface area (Å²) in [4.78, 5) is 25.4. The molecule has 20 heavy (non-hydrogen) atoms. The number of anilines is 1. The Morgan fingerprint density at radius 3 is 2.85 bits per heavy atom. The largest absolute Gasteiger partial charge is 0.338 e. The first-order chi connectivity index (χ1) is 9.47. The average molecular weight is 278 g/mol. The zero-order valence-corrected chi connectivity index (χ0v) is 10.5. The van der Waals surface area contributed by atoms with Crippen LogP contribution in [0.2, 0.25) is 0 Å². The van der Waals surface area contributed by atoms with E-state index in [9.17, 15) is 19.3 Å². The van der Waals surface area contributed by atoms with E-state index in [1.807, 2.05) is 0 Å². The van der Waals surface area contributed by atoms with Crippen molar-refractivity contribution in [2.45, 2.75) is 6.42 Å². The molecule has 104 valence electrons. The van der Waals surface area contributed by atoms with Gasteiger partial charge in [0.1, 0.15) is 5.82 Å². The first-order valence-electron chi connectivity index (χ1n) is 5.67. The SMILES string of the molecule is Cn1ccnc1CC(=O)Nc1ccc([N+](=O)[O-])c(F)c1. The monoisotopic (exact) mass is 278 g/mol. The fraction of sp³-hybridized carbons (Fsp3) is 0.167. The average Bonchev–Trinajstić information content (AvgIpc) is 2.74. The molecule has 0 aliphatic rings. The standard InChI is InChI=1S/C12H11FN4O3/c1-16-5-4-14-11(16)7-12(18)15-8-2-3-10(17(19)20)9(13)6-8/h2-6H,7H2,1H3,(H,15,18). The van der Waals surface area contributed by atoms with Crippen LogP contribution in [-0.4, -0.2) is 20.4 Å². The fourth-order valence-electron chi connectivity index (χ4n) is 1.65.